The lowest BCUT2D eigenvalue weighted by molar-refractivity contribution is -0.116. The van der Waals surface area contributed by atoms with E-state index in [1.165, 1.54) is 34.7 Å². The first-order valence-corrected chi connectivity index (χ1v) is 10.2. The van der Waals surface area contributed by atoms with E-state index >= 15 is 0 Å². The number of anilines is 1. The third kappa shape index (κ3) is 4.26. The summed E-state index contributed by atoms with van der Waals surface area (Å²) in [6, 6.07) is 21.7. The van der Waals surface area contributed by atoms with Crippen LogP contribution in [-0.4, -0.2) is 23.4 Å². The number of amides is 1. The Morgan fingerprint density at radius 3 is 2.57 bits per heavy atom. The van der Waals surface area contributed by atoms with Crippen LogP contribution in [0.5, 0.6) is 0 Å². The maximum Gasteiger partial charge on any atom is 0.225 e. The molecule has 0 heterocycles. The Hall–Kier alpha value is -2.65. The summed E-state index contributed by atoms with van der Waals surface area (Å²) < 4.78 is 0. The first-order chi connectivity index (χ1) is 13.6. The summed E-state index contributed by atoms with van der Waals surface area (Å²) >= 11 is 0. The molecule has 3 aromatic rings. The van der Waals surface area contributed by atoms with Crippen molar-refractivity contribution in [3.8, 4) is 0 Å². The molecule has 3 heteroatoms. The largest absolute Gasteiger partial charge is 0.326 e. The van der Waals surface area contributed by atoms with E-state index in [1.807, 2.05) is 12.1 Å². The summed E-state index contributed by atoms with van der Waals surface area (Å²) in [6.07, 6.45) is 3.00. The summed E-state index contributed by atoms with van der Waals surface area (Å²) in [7, 11) is 0. The van der Waals surface area contributed by atoms with Gasteiger partial charge in [-0.3, -0.25) is 9.69 Å². The van der Waals surface area contributed by atoms with E-state index in [1.54, 1.807) is 0 Å². The molecule has 0 unspecified atom stereocenters. The first-order valence-electron chi connectivity index (χ1n) is 10.2. The Bertz CT molecular complexity index is 986. The fourth-order valence-electron chi connectivity index (χ4n) is 3.82. The number of hydrogen-bond donors (Lipinski definition) is 1. The molecule has 0 radical (unpaired) electrons. The summed E-state index contributed by atoms with van der Waals surface area (Å²) in [6.45, 7) is 5.83. The molecular weight excluding hydrogens is 344 g/mol. The molecule has 1 amide bonds. The standard InChI is InChI=1S/C25H28N2O/c1-18-7-5-12-24(19(18)2)26-25(28)15-16-27(22-13-14-22)17-21-10-6-9-20-8-3-4-11-23(20)21/h3-12,22H,13-17H2,1-2H3,(H,26,28). The van der Waals surface area contributed by atoms with Crippen LogP contribution in [0.3, 0.4) is 0 Å². The maximum absolute atomic E-state index is 12.6. The van der Waals surface area contributed by atoms with Crippen molar-refractivity contribution in [3.05, 3.63) is 77.4 Å². The predicted molar refractivity (Wildman–Crippen MR) is 117 cm³/mol. The zero-order valence-corrected chi connectivity index (χ0v) is 16.7. The number of nitrogens with one attached hydrogen (secondary N) is 1. The third-order valence-corrected chi connectivity index (χ3v) is 5.82. The van der Waals surface area contributed by atoms with E-state index in [4.69, 9.17) is 0 Å². The maximum atomic E-state index is 12.6. The highest BCUT2D eigenvalue weighted by molar-refractivity contribution is 5.91. The molecule has 1 aliphatic rings. The van der Waals surface area contributed by atoms with Crippen LogP contribution in [0.4, 0.5) is 5.69 Å². The molecule has 0 aromatic heterocycles. The van der Waals surface area contributed by atoms with E-state index in [2.05, 4.69) is 72.6 Å². The van der Waals surface area contributed by atoms with Crippen LogP contribution in [0, 0.1) is 13.8 Å². The summed E-state index contributed by atoms with van der Waals surface area (Å²) in [4.78, 5) is 15.0. The summed E-state index contributed by atoms with van der Waals surface area (Å²) in [5.74, 6) is 0.0947. The highest BCUT2D eigenvalue weighted by Crippen LogP contribution is 2.30. The number of hydrogen-bond acceptors (Lipinski definition) is 2. The van der Waals surface area contributed by atoms with Crippen molar-refractivity contribution in [2.24, 2.45) is 0 Å². The average Bonchev–Trinajstić information content (AvgIpc) is 3.54. The monoisotopic (exact) mass is 372 g/mol. The summed E-state index contributed by atoms with van der Waals surface area (Å²) in [5.41, 5.74) is 4.62. The number of fused-ring (bicyclic) bond motifs is 1. The SMILES string of the molecule is Cc1cccc(NC(=O)CCN(Cc2cccc3ccccc23)C2CC2)c1C. The molecule has 1 saturated carbocycles. The quantitative estimate of drug-likeness (QED) is 0.598. The Morgan fingerprint density at radius 2 is 1.75 bits per heavy atom. The minimum Gasteiger partial charge on any atom is -0.326 e. The van der Waals surface area contributed by atoms with Crippen molar-refractivity contribution in [1.82, 2.24) is 4.90 Å². The van der Waals surface area contributed by atoms with Crippen LogP contribution in [0.1, 0.15) is 36.0 Å². The number of carbonyl (C=O) groups is 1. The minimum atomic E-state index is 0.0947. The summed E-state index contributed by atoms with van der Waals surface area (Å²) in [5, 5.41) is 5.69. The lowest BCUT2D eigenvalue weighted by Gasteiger charge is -2.23. The molecular formula is C25H28N2O. The molecule has 1 aliphatic carbocycles. The van der Waals surface area contributed by atoms with Gasteiger partial charge < -0.3 is 5.32 Å². The van der Waals surface area contributed by atoms with E-state index in [0.717, 1.165) is 24.3 Å². The Morgan fingerprint density at radius 1 is 1.00 bits per heavy atom. The van der Waals surface area contributed by atoms with E-state index in [0.29, 0.717) is 12.5 Å². The van der Waals surface area contributed by atoms with Crippen molar-refractivity contribution in [2.75, 3.05) is 11.9 Å². The van der Waals surface area contributed by atoms with Gasteiger partial charge in [-0.15, -0.1) is 0 Å². The van der Waals surface area contributed by atoms with Gasteiger partial charge in [0.15, 0.2) is 0 Å². The Balaban J connectivity index is 1.42. The lowest BCUT2D eigenvalue weighted by Crippen LogP contribution is -2.29. The van der Waals surface area contributed by atoms with Gasteiger partial charge >= 0.3 is 0 Å². The molecule has 0 aliphatic heterocycles. The fourth-order valence-corrected chi connectivity index (χ4v) is 3.82. The number of nitrogens with zero attached hydrogens (tertiary/aromatic N) is 1. The average molecular weight is 373 g/mol. The van der Waals surface area contributed by atoms with Crippen molar-refractivity contribution < 1.29 is 4.79 Å². The van der Waals surface area contributed by atoms with Crippen molar-refractivity contribution in [2.45, 2.75) is 45.7 Å². The third-order valence-electron chi connectivity index (χ3n) is 5.82. The van der Waals surface area contributed by atoms with Gasteiger partial charge in [-0.2, -0.15) is 0 Å². The van der Waals surface area contributed by atoms with Crippen LogP contribution < -0.4 is 5.32 Å². The number of aryl methyl sites for hydroxylation is 1. The van der Waals surface area contributed by atoms with Gasteiger partial charge in [0, 0.05) is 31.2 Å². The van der Waals surface area contributed by atoms with Gasteiger partial charge in [0.05, 0.1) is 0 Å². The predicted octanol–water partition coefficient (Wildman–Crippen LogP) is 5.45. The van der Waals surface area contributed by atoms with Crippen LogP contribution in [-0.2, 0) is 11.3 Å². The fraction of sp³-hybridized carbons (Fsp3) is 0.320. The van der Waals surface area contributed by atoms with Crippen molar-refractivity contribution in [1.29, 1.82) is 0 Å². The van der Waals surface area contributed by atoms with E-state index < -0.39 is 0 Å². The molecule has 3 nitrogen and oxygen atoms in total. The number of rotatable bonds is 7. The molecule has 0 atom stereocenters. The van der Waals surface area contributed by atoms with Gasteiger partial charge in [-0.1, -0.05) is 54.6 Å². The van der Waals surface area contributed by atoms with Crippen LogP contribution >= 0.6 is 0 Å². The lowest BCUT2D eigenvalue weighted by atomic mass is 10.0. The van der Waals surface area contributed by atoms with Gasteiger partial charge in [0.1, 0.15) is 0 Å². The molecule has 0 spiro atoms. The zero-order chi connectivity index (χ0) is 19.5. The topological polar surface area (TPSA) is 32.3 Å². The van der Waals surface area contributed by atoms with Crippen LogP contribution in [0.2, 0.25) is 0 Å². The molecule has 0 bridgehead atoms. The zero-order valence-electron chi connectivity index (χ0n) is 16.7. The normalized spacial score (nSPS) is 13.8. The highest BCUT2D eigenvalue weighted by Gasteiger charge is 2.29. The molecule has 4 rings (SSSR count). The molecule has 3 aromatic carbocycles. The van der Waals surface area contributed by atoms with E-state index in [-0.39, 0.29) is 5.91 Å². The first kappa shape index (κ1) is 18.7. The molecule has 144 valence electrons. The highest BCUT2D eigenvalue weighted by atomic mass is 16.1. The second-order valence-electron chi connectivity index (χ2n) is 7.89. The number of benzene rings is 3. The van der Waals surface area contributed by atoms with E-state index in [9.17, 15) is 4.79 Å². The van der Waals surface area contributed by atoms with Gasteiger partial charge in [-0.05, 0) is 60.2 Å². The molecule has 1 N–H and O–H groups in total. The van der Waals surface area contributed by atoms with Crippen molar-refractivity contribution in [3.63, 3.8) is 0 Å². The number of carbonyl (C=O) groups excluding carboxylic acids is 1. The van der Waals surface area contributed by atoms with Crippen molar-refractivity contribution >= 4 is 22.4 Å². The van der Waals surface area contributed by atoms with Crippen LogP contribution in [0.25, 0.3) is 10.8 Å². The van der Waals surface area contributed by atoms with Gasteiger partial charge in [-0.25, -0.2) is 0 Å². The smallest absolute Gasteiger partial charge is 0.225 e. The Kier molecular flexibility index (Phi) is 5.45. The second-order valence-corrected chi connectivity index (χ2v) is 7.89. The molecule has 28 heavy (non-hydrogen) atoms. The Labute approximate surface area is 167 Å². The second kappa shape index (κ2) is 8.15. The minimum absolute atomic E-state index is 0.0947. The molecule has 0 saturated heterocycles. The van der Waals surface area contributed by atoms with Gasteiger partial charge in [0.25, 0.3) is 0 Å². The van der Waals surface area contributed by atoms with Gasteiger partial charge in [0.2, 0.25) is 5.91 Å². The molecule has 1 fully saturated rings. The van der Waals surface area contributed by atoms with Crippen LogP contribution in [0.15, 0.2) is 60.7 Å².